The van der Waals surface area contributed by atoms with Crippen molar-refractivity contribution in [2.45, 2.75) is 67.6 Å². The zero-order chi connectivity index (χ0) is 64.8. The van der Waals surface area contributed by atoms with E-state index in [1.54, 1.807) is 6.08 Å². The van der Waals surface area contributed by atoms with Crippen LogP contribution in [0.2, 0.25) is 6.32 Å². The Balaban J connectivity index is 0.000000229. The Morgan fingerprint density at radius 1 is 0.634 bits per heavy atom. The molecule has 4 aliphatic rings. The average molecular weight is 1200 g/mol. The fraction of sp³-hybridized carbons (Fsp3) is 0.112. The summed E-state index contributed by atoms with van der Waals surface area (Å²) in [5.41, 5.74) is 36.7. The fourth-order valence-corrected chi connectivity index (χ4v) is 12.5. The second kappa shape index (κ2) is 29.9. The number of furan rings is 2. The van der Waals surface area contributed by atoms with Crippen LogP contribution >= 0.6 is 0 Å². The van der Waals surface area contributed by atoms with Gasteiger partial charge in [0.15, 0.2) is 0 Å². The van der Waals surface area contributed by atoms with Crippen LogP contribution in [-0.2, 0) is 0 Å². The molecule has 2 nitrogen and oxygen atoms in total. The fourth-order valence-electron chi connectivity index (χ4n) is 12.5. The van der Waals surface area contributed by atoms with Gasteiger partial charge >= 0.3 is 164 Å². The van der Waals surface area contributed by atoms with E-state index in [0.29, 0.717) is 0 Å². The summed E-state index contributed by atoms with van der Waals surface area (Å²) < 4.78 is 12.7. The maximum absolute atomic E-state index is 6.52. The number of fused-ring (bicyclic) bond motifs is 6. The van der Waals surface area contributed by atoms with Crippen molar-refractivity contribution in [3.63, 3.8) is 0 Å². The first-order valence-electron chi connectivity index (χ1n) is 32.3. The molecule has 4 heterocycles. The van der Waals surface area contributed by atoms with E-state index < -0.39 is 0 Å². The van der Waals surface area contributed by atoms with E-state index in [4.69, 9.17) is 8.83 Å². The van der Waals surface area contributed by atoms with E-state index in [1.165, 1.54) is 72.2 Å². The summed E-state index contributed by atoms with van der Waals surface area (Å²) in [6.45, 7) is 28.6. The van der Waals surface area contributed by atoms with Gasteiger partial charge in [-0.25, -0.2) is 0 Å². The van der Waals surface area contributed by atoms with Gasteiger partial charge < -0.3 is 8.83 Å². The predicted molar refractivity (Wildman–Crippen MR) is 406 cm³/mol. The monoisotopic (exact) mass is 1200 g/mol. The Bertz CT molecular complexity index is 4910. The normalized spacial score (nSPS) is 14.3. The SMILES string of the molecule is C=C/C(=C\C(=C/C)C1=CC=CCC1)C1=CC2=C=C(C=C1)B(C/C=C\c1oc3c(c1C)C=C=C(c1cccc(-c4ccc5oc6ccc(C)cc6c5c4)c1)C=C3)c1ccccc12.C=C/C(=C\C=C/C)c1cbcc(-c2ccc(C)c(-c3ccccc3C)c2)c1.C=C/C=C\C. The van der Waals surface area contributed by atoms with Gasteiger partial charge in [-0.05, 0) is 164 Å². The van der Waals surface area contributed by atoms with Gasteiger partial charge in [-0.3, -0.25) is 0 Å². The van der Waals surface area contributed by atoms with Gasteiger partial charge in [0.1, 0.15) is 22.7 Å². The average Bonchev–Trinajstić information content (AvgIpc) is 1.77. The second-order valence-corrected chi connectivity index (χ2v) is 23.7. The zero-order valence-corrected chi connectivity index (χ0v) is 54.7. The Morgan fingerprint density at radius 3 is 2.14 bits per heavy atom. The molecule has 452 valence electrons. The van der Waals surface area contributed by atoms with Crippen LogP contribution in [0.4, 0.5) is 0 Å². The van der Waals surface area contributed by atoms with Crippen LogP contribution in [0.5, 0.6) is 0 Å². The van der Waals surface area contributed by atoms with E-state index in [0.717, 1.165) is 108 Å². The molecule has 0 fully saturated rings. The van der Waals surface area contributed by atoms with Crippen molar-refractivity contribution in [3.8, 4) is 33.4 Å². The van der Waals surface area contributed by atoms with Gasteiger partial charge in [0.25, 0.3) is 0 Å². The van der Waals surface area contributed by atoms with Crippen LogP contribution in [0.1, 0.15) is 89.6 Å². The number of rotatable bonds is 15. The number of aryl methyl sites for hydroxylation is 3. The van der Waals surface area contributed by atoms with Crippen molar-refractivity contribution in [2.75, 3.05) is 0 Å². The largest absolute Gasteiger partial charge is 0.0991 e. The van der Waals surface area contributed by atoms with E-state index in [9.17, 15) is 0 Å². The third-order valence-corrected chi connectivity index (χ3v) is 17.6. The molecule has 0 unspecified atom stereocenters. The van der Waals surface area contributed by atoms with E-state index in [-0.39, 0.29) is 6.71 Å². The summed E-state index contributed by atoms with van der Waals surface area (Å²) in [5, 5.41) is 2.28. The molecule has 0 amide bonds. The van der Waals surface area contributed by atoms with Crippen molar-refractivity contribution >= 4 is 76.0 Å². The van der Waals surface area contributed by atoms with Crippen molar-refractivity contribution in [1.82, 2.24) is 0 Å². The van der Waals surface area contributed by atoms with Gasteiger partial charge in [0.05, 0.1) is 0 Å². The van der Waals surface area contributed by atoms with E-state index in [2.05, 4.69) is 303 Å². The maximum Gasteiger partial charge on any atom is -0.0467 e. The van der Waals surface area contributed by atoms with Crippen molar-refractivity contribution < 1.29 is 8.83 Å². The summed E-state index contributed by atoms with van der Waals surface area (Å²) in [5.74, 6) is 6.02. The summed E-state index contributed by atoms with van der Waals surface area (Å²) in [6.07, 6.45) is 47.1. The molecule has 9 aromatic rings. The van der Waals surface area contributed by atoms with Crippen LogP contribution in [0.25, 0.3) is 90.3 Å². The Hall–Kier alpha value is -10.7. The summed E-state index contributed by atoms with van der Waals surface area (Å²) >= 11 is 0. The third-order valence-electron chi connectivity index (χ3n) is 17.6. The molecule has 13 rings (SSSR count). The quantitative estimate of drug-likeness (QED) is 0.0581. The minimum Gasteiger partial charge on any atom is -0.0991 e. The minimum atomic E-state index is 0.168. The molecule has 0 saturated carbocycles. The third kappa shape index (κ3) is 14.6. The van der Waals surface area contributed by atoms with Crippen LogP contribution in [0, 0.1) is 27.7 Å². The Labute approximate surface area is 552 Å². The molecule has 1 aliphatic heterocycles. The molecule has 3 aliphatic carbocycles. The van der Waals surface area contributed by atoms with Gasteiger partial charge in [0, 0.05) is 33.0 Å². The van der Waals surface area contributed by atoms with Crippen LogP contribution in [0.3, 0.4) is 0 Å². The van der Waals surface area contributed by atoms with Gasteiger partial charge in [-0.1, -0.05) is 146 Å². The molecule has 6 aromatic carbocycles. The van der Waals surface area contributed by atoms with Gasteiger partial charge in [-0.15, -0.1) is 11.5 Å². The smallest absolute Gasteiger partial charge is 0.0467 e. The summed E-state index contributed by atoms with van der Waals surface area (Å²) in [4.78, 5) is 0. The molecule has 0 radical (unpaired) electrons. The number of hydrogen-bond donors (Lipinski definition) is 0. The molecule has 2 bridgehead atoms. The number of hydrogen-bond acceptors (Lipinski definition) is 2. The molecular formula is C89H78B2O2. The van der Waals surface area contributed by atoms with Crippen molar-refractivity contribution in [3.05, 3.63) is 370 Å². The van der Waals surface area contributed by atoms with E-state index in [1.807, 2.05) is 50.3 Å². The molecule has 0 N–H and O–H groups in total. The van der Waals surface area contributed by atoms with Crippen LogP contribution in [0.15, 0.2) is 323 Å². The van der Waals surface area contributed by atoms with Gasteiger partial charge in [0.2, 0.25) is 6.71 Å². The minimum absolute atomic E-state index is 0.168. The number of benzene rings is 6. The summed E-state index contributed by atoms with van der Waals surface area (Å²) in [6, 6.07) is 47.8. The Kier molecular flexibility index (Phi) is 20.5. The molecule has 0 saturated heterocycles. The van der Waals surface area contributed by atoms with E-state index >= 15 is 0 Å². The molecule has 93 heavy (non-hydrogen) atoms. The van der Waals surface area contributed by atoms with Gasteiger partial charge in [-0.2, -0.15) is 0 Å². The van der Waals surface area contributed by atoms with Crippen LogP contribution in [-0.4, -0.2) is 13.6 Å². The zero-order valence-electron chi connectivity index (χ0n) is 54.7. The van der Waals surface area contributed by atoms with Crippen molar-refractivity contribution in [1.29, 1.82) is 0 Å². The molecule has 0 spiro atoms. The summed E-state index contributed by atoms with van der Waals surface area (Å²) in [7, 11) is 0. The van der Waals surface area contributed by atoms with Crippen molar-refractivity contribution in [2.24, 2.45) is 0 Å². The van der Waals surface area contributed by atoms with Crippen LogP contribution < -0.4 is 5.46 Å². The Morgan fingerprint density at radius 2 is 1.38 bits per heavy atom. The molecule has 3 aromatic heterocycles. The topological polar surface area (TPSA) is 26.3 Å². The maximum atomic E-state index is 6.52. The molecule has 0 atom stereocenters. The number of allylic oxidation sites excluding steroid dienone is 25. The first-order valence-corrected chi connectivity index (χ1v) is 32.3. The standard InChI is InChI=1S/C58H45BO2.C26H25B.C5H8/c1-5-40(42-14-8-7-9-15-42)33-41(6-2)46-22-26-49-36-48(35-46)51-18-10-11-19-54(51)59(49)31-13-20-55-39(4)50-27-23-43(24-29-56(50)60-55)44-16-12-17-45(34-44)47-25-30-58-53(37-47)52-32-38(3)21-28-57(52)61-58;1-5-7-11-21(6-2)23-15-24(18-27-17-23)22-14-13-20(4)26(16-22)25-12-9-8-10-19(25)3;1-3-5-4-2/h5-8,10-14,16-22,24-30,32-35,37H,2,9,15,31H2,1,3-4H3;5-18H,2H2,1,3-4H3;3-5H,1H2,2H3/b20-13-,40-5+,41-33+;7-5-,21-11+;5-4-. The first-order chi connectivity index (χ1) is 45.5. The first kappa shape index (κ1) is 63.8. The molecule has 4 heteroatoms. The molecular weight excluding hydrogens is 1120 g/mol. The predicted octanol–water partition coefficient (Wildman–Crippen LogP) is 23.8. The second-order valence-electron chi connectivity index (χ2n) is 23.7.